The first-order valence-corrected chi connectivity index (χ1v) is 6.93. The second-order valence-corrected chi connectivity index (χ2v) is 5.08. The molecule has 0 aromatic heterocycles. The molecule has 4 nitrogen and oxygen atoms in total. The van der Waals surface area contributed by atoms with E-state index in [9.17, 15) is 0 Å². The zero-order chi connectivity index (χ0) is 13.8. The number of amidine groups is 1. The van der Waals surface area contributed by atoms with Gasteiger partial charge in [-0.05, 0) is 38.8 Å². The average molecular weight is 261 g/mol. The van der Waals surface area contributed by atoms with Crippen LogP contribution in [0.1, 0.15) is 30.9 Å². The maximum absolute atomic E-state index is 7.72. The minimum Gasteiger partial charge on any atom is -0.384 e. The van der Waals surface area contributed by atoms with Crippen LogP contribution in [0.3, 0.4) is 0 Å². The number of piperidine rings is 1. The number of nitrogens with zero attached hydrogens (tertiary/aromatic N) is 1. The lowest BCUT2D eigenvalue weighted by atomic mass is 10.0. The second-order valence-electron chi connectivity index (χ2n) is 5.08. The van der Waals surface area contributed by atoms with Crippen LogP contribution in [0.15, 0.2) is 18.2 Å². The van der Waals surface area contributed by atoms with Crippen LogP contribution < -0.4 is 10.6 Å². The highest BCUT2D eigenvalue weighted by molar-refractivity contribution is 6.00. The molecule has 3 N–H and O–H groups in total. The Labute approximate surface area is 115 Å². The van der Waals surface area contributed by atoms with Gasteiger partial charge in [-0.25, -0.2) is 0 Å². The van der Waals surface area contributed by atoms with Crippen LogP contribution in [0.4, 0.5) is 5.69 Å². The number of nitrogen functional groups attached to an aromatic ring is 1. The van der Waals surface area contributed by atoms with E-state index in [0.29, 0.717) is 6.10 Å². The number of ether oxygens (including phenoxy) is 1. The molecule has 0 aliphatic carbocycles. The van der Waals surface area contributed by atoms with Crippen LogP contribution in [0.2, 0.25) is 0 Å². The summed E-state index contributed by atoms with van der Waals surface area (Å²) in [5, 5.41) is 7.72. The third kappa shape index (κ3) is 3.26. The van der Waals surface area contributed by atoms with Crippen molar-refractivity contribution >= 4 is 11.5 Å². The van der Waals surface area contributed by atoms with Gasteiger partial charge in [0.25, 0.3) is 0 Å². The molecule has 0 radical (unpaired) electrons. The van der Waals surface area contributed by atoms with Gasteiger partial charge in [0.1, 0.15) is 5.84 Å². The maximum atomic E-state index is 7.72. The predicted molar refractivity (Wildman–Crippen MR) is 79.1 cm³/mol. The van der Waals surface area contributed by atoms with Crippen LogP contribution in [0.5, 0.6) is 0 Å². The van der Waals surface area contributed by atoms with Crippen LogP contribution in [-0.2, 0) is 4.74 Å². The molecule has 1 saturated heterocycles. The Bertz CT molecular complexity index is 451. The fraction of sp³-hybridized carbons (Fsp3) is 0.533. The van der Waals surface area contributed by atoms with Gasteiger partial charge in [-0.15, -0.1) is 0 Å². The first-order valence-electron chi connectivity index (χ1n) is 6.93. The fourth-order valence-corrected chi connectivity index (χ4v) is 2.64. The second kappa shape index (κ2) is 6.06. The molecule has 1 aromatic rings. The first-order chi connectivity index (χ1) is 9.11. The van der Waals surface area contributed by atoms with Gasteiger partial charge in [0, 0.05) is 30.9 Å². The number of benzene rings is 1. The quantitative estimate of drug-likeness (QED) is 0.645. The van der Waals surface area contributed by atoms with Gasteiger partial charge in [-0.3, -0.25) is 5.41 Å². The number of nitrogens with two attached hydrogens (primary N) is 1. The highest BCUT2D eigenvalue weighted by Gasteiger charge is 2.21. The molecule has 0 bridgehead atoms. The molecule has 0 atom stereocenters. The van der Waals surface area contributed by atoms with E-state index in [2.05, 4.69) is 17.0 Å². The highest BCUT2D eigenvalue weighted by Crippen LogP contribution is 2.25. The lowest BCUT2D eigenvalue weighted by molar-refractivity contribution is 0.0459. The number of nitrogens with one attached hydrogen (secondary N) is 1. The predicted octanol–water partition coefficient (Wildman–Crippen LogP) is 2.28. The smallest absolute Gasteiger partial charge is 0.124 e. The van der Waals surface area contributed by atoms with E-state index in [4.69, 9.17) is 15.9 Å². The number of hydrogen-bond donors (Lipinski definition) is 2. The fourth-order valence-electron chi connectivity index (χ4n) is 2.64. The third-order valence-electron chi connectivity index (χ3n) is 3.63. The largest absolute Gasteiger partial charge is 0.384 e. The molecule has 1 aliphatic rings. The molecule has 0 saturated carbocycles. The van der Waals surface area contributed by atoms with Crippen LogP contribution in [-0.4, -0.2) is 31.6 Å². The average Bonchev–Trinajstić information content (AvgIpc) is 2.40. The van der Waals surface area contributed by atoms with Crippen molar-refractivity contribution in [2.75, 3.05) is 24.6 Å². The standard InChI is InChI=1S/C15H23N3O/c1-3-19-12-6-8-18(9-7-12)14-5-4-11(2)10-13(14)15(16)17/h4-5,10,12H,3,6-9H2,1-2H3,(H3,16,17). The van der Waals surface area contributed by atoms with E-state index in [1.165, 1.54) is 0 Å². The topological polar surface area (TPSA) is 62.3 Å². The Morgan fingerprint density at radius 3 is 2.68 bits per heavy atom. The van der Waals surface area contributed by atoms with Crippen LogP contribution in [0, 0.1) is 12.3 Å². The Morgan fingerprint density at radius 2 is 2.11 bits per heavy atom. The Hall–Kier alpha value is -1.55. The molecule has 1 aliphatic heterocycles. The van der Waals surface area contributed by atoms with Crippen molar-refractivity contribution in [1.29, 1.82) is 5.41 Å². The normalized spacial score (nSPS) is 16.6. The minimum absolute atomic E-state index is 0.144. The molecule has 0 spiro atoms. The third-order valence-corrected chi connectivity index (χ3v) is 3.63. The van der Waals surface area contributed by atoms with E-state index < -0.39 is 0 Å². The van der Waals surface area contributed by atoms with Crippen molar-refractivity contribution in [1.82, 2.24) is 0 Å². The summed E-state index contributed by atoms with van der Waals surface area (Å²) >= 11 is 0. The summed E-state index contributed by atoms with van der Waals surface area (Å²) in [6.45, 7) is 6.79. The maximum Gasteiger partial charge on any atom is 0.124 e. The minimum atomic E-state index is 0.144. The molecule has 0 amide bonds. The van der Waals surface area contributed by atoms with E-state index in [-0.39, 0.29) is 5.84 Å². The molecular formula is C15H23N3O. The summed E-state index contributed by atoms with van der Waals surface area (Å²) in [6, 6.07) is 6.15. The van der Waals surface area contributed by atoms with E-state index in [0.717, 1.165) is 49.4 Å². The van der Waals surface area contributed by atoms with Crippen molar-refractivity contribution in [3.05, 3.63) is 29.3 Å². The molecule has 19 heavy (non-hydrogen) atoms. The van der Waals surface area contributed by atoms with Gasteiger partial charge in [-0.1, -0.05) is 11.6 Å². The summed E-state index contributed by atoms with van der Waals surface area (Å²) in [5.74, 6) is 0.144. The molecule has 1 aromatic carbocycles. The zero-order valence-corrected chi connectivity index (χ0v) is 11.8. The van der Waals surface area contributed by atoms with Gasteiger partial charge < -0.3 is 15.4 Å². The summed E-state index contributed by atoms with van der Waals surface area (Å²) in [7, 11) is 0. The summed E-state index contributed by atoms with van der Waals surface area (Å²) < 4.78 is 5.67. The summed E-state index contributed by atoms with van der Waals surface area (Å²) in [6.07, 6.45) is 2.46. The van der Waals surface area contributed by atoms with Crippen molar-refractivity contribution in [3.63, 3.8) is 0 Å². The first kappa shape index (κ1) is 13.9. The molecular weight excluding hydrogens is 238 g/mol. The lowest BCUT2D eigenvalue weighted by Crippen LogP contribution is -2.38. The lowest BCUT2D eigenvalue weighted by Gasteiger charge is -2.34. The van der Waals surface area contributed by atoms with Crippen molar-refractivity contribution < 1.29 is 4.74 Å². The number of anilines is 1. The van der Waals surface area contributed by atoms with E-state index in [1.807, 2.05) is 19.9 Å². The molecule has 0 unspecified atom stereocenters. The molecule has 104 valence electrons. The molecule has 2 rings (SSSR count). The summed E-state index contributed by atoms with van der Waals surface area (Å²) in [5.41, 5.74) is 8.75. The van der Waals surface area contributed by atoms with E-state index >= 15 is 0 Å². The molecule has 4 heteroatoms. The van der Waals surface area contributed by atoms with Gasteiger partial charge in [0.2, 0.25) is 0 Å². The Morgan fingerprint density at radius 1 is 1.42 bits per heavy atom. The number of aryl methyl sites for hydroxylation is 1. The number of rotatable bonds is 4. The van der Waals surface area contributed by atoms with Gasteiger partial charge in [0.05, 0.1) is 6.10 Å². The molecule has 1 heterocycles. The Balaban J connectivity index is 2.13. The van der Waals surface area contributed by atoms with E-state index in [1.54, 1.807) is 0 Å². The van der Waals surface area contributed by atoms with Gasteiger partial charge >= 0.3 is 0 Å². The zero-order valence-electron chi connectivity index (χ0n) is 11.8. The van der Waals surface area contributed by atoms with Crippen molar-refractivity contribution in [3.8, 4) is 0 Å². The van der Waals surface area contributed by atoms with Crippen LogP contribution >= 0.6 is 0 Å². The van der Waals surface area contributed by atoms with Crippen molar-refractivity contribution in [2.24, 2.45) is 5.73 Å². The SMILES string of the molecule is CCOC1CCN(c2ccc(C)cc2C(=N)N)CC1. The molecule has 1 fully saturated rings. The number of hydrogen-bond acceptors (Lipinski definition) is 3. The van der Waals surface area contributed by atoms with Crippen molar-refractivity contribution in [2.45, 2.75) is 32.8 Å². The summed E-state index contributed by atoms with van der Waals surface area (Å²) in [4.78, 5) is 2.31. The Kier molecular flexibility index (Phi) is 4.43. The van der Waals surface area contributed by atoms with Gasteiger partial charge in [-0.2, -0.15) is 0 Å². The van der Waals surface area contributed by atoms with Crippen LogP contribution in [0.25, 0.3) is 0 Å². The monoisotopic (exact) mass is 261 g/mol. The highest BCUT2D eigenvalue weighted by atomic mass is 16.5. The van der Waals surface area contributed by atoms with Gasteiger partial charge in [0.15, 0.2) is 0 Å².